The van der Waals surface area contributed by atoms with E-state index >= 15 is 0 Å². The van der Waals surface area contributed by atoms with Gasteiger partial charge in [-0.3, -0.25) is 4.79 Å². The zero-order valence-electron chi connectivity index (χ0n) is 16.0. The van der Waals surface area contributed by atoms with Crippen LogP contribution in [0.4, 0.5) is 10.2 Å². The molecule has 0 spiro atoms. The lowest BCUT2D eigenvalue weighted by molar-refractivity contribution is 0.0951. The van der Waals surface area contributed by atoms with Crippen molar-refractivity contribution in [2.75, 3.05) is 19.5 Å². The van der Waals surface area contributed by atoms with E-state index in [9.17, 15) is 9.18 Å². The van der Waals surface area contributed by atoms with Gasteiger partial charge in [0.2, 0.25) is 0 Å². The Morgan fingerprint density at radius 2 is 2.14 bits per heavy atom. The summed E-state index contributed by atoms with van der Waals surface area (Å²) >= 11 is 0. The Morgan fingerprint density at radius 1 is 1.32 bits per heavy atom. The summed E-state index contributed by atoms with van der Waals surface area (Å²) in [6.45, 7) is 4.41. The number of unbranched alkanes of at least 4 members (excludes halogenated alkanes) is 2. The molecule has 1 aromatic heterocycles. The van der Waals surface area contributed by atoms with Gasteiger partial charge in [0.05, 0.1) is 24.5 Å². The summed E-state index contributed by atoms with van der Waals surface area (Å²) in [5.74, 6) is -0.628. The molecule has 6 nitrogen and oxygen atoms in total. The lowest BCUT2D eigenvalue weighted by Gasteiger charge is -2.12. The van der Waals surface area contributed by atoms with Crippen molar-refractivity contribution >= 4 is 11.7 Å². The smallest absolute Gasteiger partial charge is 0.255 e. The Kier molecular flexibility index (Phi) is 8.42. The van der Waals surface area contributed by atoms with Gasteiger partial charge in [0.15, 0.2) is 11.6 Å². The monoisotopic (exact) mass is 387 g/mol. The van der Waals surface area contributed by atoms with Crippen LogP contribution in [0.25, 0.3) is 0 Å². The molecular formula is C21H26FN3O3. The van der Waals surface area contributed by atoms with Crippen LogP contribution in [0, 0.1) is 5.82 Å². The van der Waals surface area contributed by atoms with Crippen LogP contribution in [0.2, 0.25) is 0 Å². The molecule has 0 saturated carbocycles. The fourth-order valence-electron chi connectivity index (χ4n) is 2.59. The standard InChI is InChI=1S/C21H26FN3O3/c1-3-4-5-6-12-28-18-9-7-8-15(19(18)22)13-24-21(26)17-11-10-16(14-27-2)25-20(17)23/h3,7-11H,1,4-6,12-14H2,2H3,(H2,23,25)(H,24,26). The van der Waals surface area contributed by atoms with Gasteiger partial charge < -0.3 is 20.5 Å². The normalized spacial score (nSPS) is 10.5. The number of methoxy groups -OCH3 is 1. The minimum Gasteiger partial charge on any atom is -0.491 e. The molecule has 1 heterocycles. The van der Waals surface area contributed by atoms with E-state index < -0.39 is 11.7 Å². The van der Waals surface area contributed by atoms with Crippen LogP contribution in [-0.2, 0) is 17.9 Å². The molecule has 150 valence electrons. The number of nitrogens with zero attached hydrogens (tertiary/aromatic N) is 1. The maximum atomic E-state index is 14.6. The van der Waals surface area contributed by atoms with Crippen molar-refractivity contribution in [3.63, 3.8) is 0 Å². The van der Waals surface area contributed by atoms with Crippen LogP contribution in [0.15, 0.2) is 43.0 Å². The van der Waals surface area contributed by atoms with Crippen molar-refractivity contribution in [2.24, 2.45) is 0 Å². The van der Waals surface area contributed by atoms with Gasteiger partial charge >= 0.3 is 0 Å². The molecule has 1 amide bonds. The Bertz CT molecular complexity index is 811. The number of nitrogen functional groups attached to an aromatic ring is 1. The molecule has 0 aliphatic heterocycles. The summed E-state index contributed by atoms with van der Waals surface area (Å²) in [6.07, 6.45) is 4.51. The van der Waals surface area contributed by atoms with E-state index in [0.717, 1.165) is 19.3 Å². The predicted molar refractivity (Wildman–Crippen MR) is 106 cm³/mol. The molecule has 0 unspecified atom stereocenters. The zero-order chi connectivity index (χ0) is 20.4. The number of amides is 1. The summed E-state index contributed by atoms with van der Waals surface area (Å²) in [7, 11) is 1.55. The number of nitrogens with one attached hydrogen (secondary N) is 1. The van der Waals surface area contributed by atoms with Crippen LogP contribution >= 0.6 is 0 Å². The fraction of sp³-hybridized carbons (Fsp3) is 0.333. The third-order valence-corrected chi connectivity index (χ3v) is 4.06. The number of hydrogen-bond acceptors (Lipinski definition) is 5. The van der Waals surface area contributed by atoms with E-state index in [-0.39, 0.29) is 23.7 Å². The molecule has 0 atom stereocenters. The van der Waals surface area contributed by atoms with E-state index in [0.29, 0.717) is 24.5 Å². The van der Waals surface area contributed by atoms with Gasteiger partial charge in [-0.05, 0) is 37.5 Å². The number of allylic oxidation sites excluding steroid dienone is 1. The maximum absolute atomic E-state index is 14.6. The number of hydrogen-bond donors (Lipinski definition) is 2. The van der Waals surface area contributed by atoms with Gasteiger partial charge in [0.25, 0.3) is 5.91 Å². The molecule has 0 aliphatic carbocycles. The number of aromatic nitrogens is 1. The molecule has 0 fully saturated rings. The average Bonchev–Trinajstić information content (AvgIpc) is 2.68. The number of pyridine rings is 1. The quantitative estimate of drug-likeness (QED) is 0.454. The average molecular weight is 387 g/mol. The van der Waals surface area contributed by atoms with Gasteiger partial charge in [0, 0.05) is 19.2 Å². The Morgan fingerprint density at radius 3 is 2.86 bits per heavy atom. The molecule has 0 aliphatic rings. The number of ether oxygens (including phenoxy) is 2. The first-order chi connectivity index (χ1) is 13.6. The lowest BCUT2D eigenvalue weighted by atomic mass is 10.1. The predicted octanol–water partition coefficient (Wildman–Crippen LogP) is 3.61. The highest BCUT2D eigenvalue weighted by Gasteiger charge is 2.14. The summed E-state index contributed by atoms with van der Waals surface area (Å²) < 4.78 is 25.1. The number of rotatable bonds is 11. The Balaban J connectivity index is 1.95. The molecule has 3 N–H and O–H groups in total. The SMILES string of the molecule is C=CCCCCOc1cccc(CNC(=O)c2ccc(COC)nc2N)c1F. The minimum atomic E-state index is -0.479. The second kappa shape index (κ2) is 11.0. The molecule has 7 heteroatoms. The highest BCUT2D eigenvalue weighted by molar-refractivity contribution is 5.98. The van der Waals surface area contributed by atoms with Crippen molar-refractivity contribution in [1.82, 2.24) is 10.3 Å². The highest BCUT2D eigenvalue weighted by atomic mass is 19.1. The third kappa shape index (κ3) is 6.06. The van der Waals surface area contributed by atoms with Gasteiger partial charge in [-0.25, -0.2) is 9.37 Å². The number of carbonyl (C=O) groups excluding carboxylic acids is 1. The second-order valence-electron chi connectivity index (χ2n) is 6.21. The molecule has 1 aromatic carbocycles. The van der Waals surface area contributed by atoms with Gasteiger partial charge in [-0.1, -0.05) is 18.2 Å². The second-order valence-corrected chi connectivity index (χ2v) is 6.21. The molecular weight excluding hydrogens is 361 g/mol. The van der Waals surface area contributed by atoms with Crippen molar-refractivity contribution in [3.05, 3.63) is 65.6 Å². The fourth-order valence-corrected chi connectivity index (χ4v) is 2.59. The molecule has 28 heavy (non-hydrogen) atoms. The van der Waals surface area contributed by atoms with Gasteiger partial charge in [0.1, 0.15) is 5.82 Å². The van der Waals surface area contributed by atoms with Gasteiger partial charge in [-0.2, -0.15) is 0 Å². The molecule has 2 rings (SSSR count). The third-order valence-electron chi connectivity index (χ3n) is 4.06. The van der Waals surface area contributed by atoms with Crippen molar-refractivity contribution < 1.29 is 18.7 Å². The number of nitrogens with two attached hydrogens (primary N) is 1. The number of anilines is 1. The van der Waals surface area contributed by atoms with Crippen LogP contribution in [0.1, 0.15) is 40.9 Å². The molecule has 0 saturated heterocycles. The summed E-state index contributed by atoms with van der Waals surface area (Å²) in [5, 5.41) is 2.66. The Labute approximate surface area is 164 Å². The highest BCUT2D eigenvalue weighted by Crippen LogP contribution is 2.21. The maximum Gasteiger partial charge on any atom is 0.255 e. The van der Waals surface area contributed by atoms with Crippen molar-refractivity contribution in [2.45, 2.75) is 32.4 Å². The summed E-state index contributed by atoms with van der Waals surface area (Å²) in [5.41, 5.74) is 7.03. The summed E-state index contributed by atoms with van der Waals surface area (Å²) in [6, 6.07) is 8.11. The summed E-state index contributed by atoms with van der Waals surface area (Å²) in [4.78, 5) is 16.5. The Hall–Kier alpha value is -2.93. The zero-order valence-corrected chi connectivity index (χ0v) is 16.0. The number of halogens is 1. The number of benzene rings is 1. The molecule has 0 bridgehead atoms. The largest absolute Gasteiger partial charge is 0.491 e. The number of carbonyl (C=O) groups is 1. The first kappa shape index (κ1) is 21.4. The van der Waals surface area contributed by atoms with E-state index in [2.05, 4.69) is 16.9 Å². The first-order valence-corrected chi connectivity index (χ1v) is 9.10. The molecule has 0 radical (unpaired) electrons. The minimum absolute atomic E-state index is 0.0115. The molecule has 2 aromatic rings. The van der Waals surface area contributed by atoms with E-state index in [1.807, 2.05) is 6.08 Å². The van der Waals surface area contributed by atoms with E-state index in [1.165, 1.54) is 0 Å². The van der Waals surface area contributed by atoms with Crippen molar-refractivity contribution in [3.8, 4) is 5.75 Å². The van der Waals surface area contributed by atoms with Gasteiger partial charge in [-0.15, -0.1) is 6.58 Å². The van der Waals surface area contributed by atoms with E-state index in [4.69, 9.17) is 15.2 Å². The lowest BCUT2D eigenvalue weighted by Crippen LogP contribution is -2.25. The van der Waals surface area contributed by atoms with Crippen LogP contribution in [-0.4, -0.2) is 24.6 Å². The van der Waals surface area contributed by atoms with Crippen LogP contribution in [0.3, 0.4) is 0 Å². The van der Waals surface area contributed by atoms with Crippen molar-refractivity contribution in [1.29, 1.82) is 0 Å². The van der Waals surface area contributed by atoms with E-state index in [1.54, 1.807) is 37.4 Å². The van der Waals surface area contributed by atoms with Crippen LogP contribution in [0.5, 0.6) is 5.75 Å². The first-order valence-electron chi connectivity index (χ1n) is 9.10. The van der Waals surface area contributed by atoms with Crippen LogP contribution < -0.4 is 15.8 Å². The topological polar surface area (TPSA) is 86.5 Å².